The van der Waals surface area contributed by atoms with Crippen LogP contribution in [0.4, 0.5) is 10.5 Å². The van der Waals surface area contributed by atoms with Crippen LogP contribution in [-0.4, -0.2) is 40.8 Å². The fourth-order valence-corrected chi connectivity index (χ4v) is 4.86. The number of anilines is 1. The minimum atomic E-state index is -1.15. The number of urea groups is 1. The van der Waals surface area contributed by atoms with Gasteiger partial charge in [0.25, 0.3) is 11.8 Å². The summed E-state index contributed by atoms with van der Waals surface area (Å²) in [4.78, 5) is 46.4. The average molecular weight is 431 g/mol. The zero-order valence-corrected chi connectivity index (χ0v) is 18.4. The van der Waals surface area contributed by atoms with E-state index in [0.717, 1.165) is 22.2 Å². The first-order valence-electron chi connectivity index (χ1n) is 11.0. The Morgan fingerprint density at radius 3 is 2.62 bits per heavy atom. The Kier molecular flexibility index (Phi) is 4.58. The number of carbonyl (C=O) groups is 3. The summed E-state index contributed by atoms with van der Waals surface area (Å²) in [6, 6.07) is 14.3. The lowest BCUT2D eigenvalue weighted by Gasteiger charge is -2.35. The number of hydrogen-bond donors (Lipinski definition) is 2. The first kappa shape index (κ1) is 20.3. The number of fused-ring (bicyclic) bond motifs is 5. The minimum Gasteiger partial charge on any atom is -0.356 e. The maximum absolute atomic E-state index is 13.9. The molecule has 7 nitrogen and oxygen atoms in total. The van der Waals surface area contributed by atoms with Crippen LogP contribution in [0.1, 0.15) is 42.4 Å². The van der Waals surface area contributed by atoms with Gasteiger partial charge in [0.2, 0.25) is 0 Å². The molecule has 1 fully saturated rings. The van der Waals surface area contributed by atoms with Crippen molar-refractivity contribution in [3.63, 3.8) is 0 Å². The molecule has 1 saturated heterocycles. The quantitative estimate of drug-likeness (QED) is 0.618. The van der Waals surface area contributed by atoms with Crippen molar-refractivity contribution in [2.75, 3.05) is 18.0 Å². The molecule has 4 amide bonds. The third-order valence-electron chi connectivity index (χ3n) is 6.53. The maximum atomic E-state index is 13.9. The van der Waals surface area contributed by atoms with Gasteiger partial charge in [-0.15, -0.1) is 0 Å². The topological polar surface area (TPSA) is 85.5 Å². The van der Waals surface area contributed by atoms with E-state index in [2.05, 4.69) is 10.3 Å². The van der Waals surface area contributed by atoms with E-state index in [0.29, 0.717) is 30.8 Å². The van der Waals surface area contributed by atoms with E-state index in [1.54, 1.807) is 36.1 Å². The predicted octanol–water partition coefficient (Wildman–Crippen LogP) is 3.79. The number of amides is 4. The van der Waals surface area contributed by atoms with Crippen LogP contribution in [0.5, 0.6) is 0 Å². The molecule has 32 heavy (non-hydrogen) atoms. The molecule has 2 N–H and O–H groups in total. The van der Waals surface area contributed by atoms with Crippen LogP contribution in [0, 0.1) is 5.92 Å². The van der Waals surface area contributed by atoms with Crippen molar-refractivity contribution in [1.82, 2.24) is 15.2 Å². The van der Waals surface area contributed by atoms with Gasteiger partial charge >= 0.3 is 6.03 Å². The first-order valence-corrected chi connectivity index (χ1v) is 11.0. The van der Waals surface area contributed by atoms with Crippen LogP contribution in [0.2, 0.25) is 0 Å². The summed E-state index contributed by atoms with van der Waals surface area (Å²) in [5.41, 5.74) is 2.27. The Balaban J connectivity index is 1.59. The Morgan fingerprint density at radius 2 is 1.84 bits per heavy atom. The predicted molar refractivity (Wildman–Crippen MR) is 123 cm³/mol. The fourth-order valence-electron chi connectivity index (χ4n) is 4.86. The van der Waals surface area contributed by atoms with Gasteiger partial charge in [-0.05, 0) is 43.0 Å². The molecule has 0 bridgehead atoms. The van der Waals surface area contributed by atoms with Gasteiger partial charge in [0.1, 0.15) is 0 Å². The molecule has 3 heterocycles. The van der Waals surface area contributed by atoms with Crippen molar-refractivity contribution in [1.29, 1.82) is 0 Å². The van der Waals surface area contributed by atoms with Crippen molar-refractivity contribution in [2.45, 2.75) is 32.7 Å². The van der Waals surface area contributed by atoms with Gasteiger partial charge in [-0.3, -0.25) is 9.59 Å². The maximum Gasteiger partial charge on any atom is 0.332 e. The van der Waals surface area contributed by atoms with E-state index in [4.69, 9.17) is 0 Å². The van der Waals surface area contributed by atoms with Gasteiger partial charge in [0.05, 0.1) is 16.9 Å². The monoisotopic (exact) mass is 430 g/mol. The Morgan fingerprint density at radius 1 is 1.12 bits per heavy atom. The lowest BCUT2D eigenvalue weighted by Crippen LogP contribution is -2.49. The molecule has 2 aliphatic rings. The van der Waals surface area contributed by atoms with Crippen LogP contribution in [0.3, 0.4) is 0 Å². The third-order valence-corrected chi connectivity index (χ3v) is 6.53. The summed E-state index contributed by atoms with van der Waals surface area (Å²) < 4.78 is 0. The molecule has 0 unspecified atom stereocenters. The van der Waals surface area contributed by atoms with Crippen molar-refractivity contribution < 1.29 is 14.4 Å². The van der Waals surface area contributed by atoms with E-state index >= 15 is 0 Å². The summed E-state index contributed by atoms with van der Waals surface area (Å²) in [5, 5.41) is 3.97. The molecule has 1 aromatic heterocycles. The van der Waals surface area contributed by atoms with Crippen LogP contribution in [-0.2, 0) is 16.8 Å². The molecule has 5 rings (SSSR count). The van der Waals surface area contributed by atoms with Crippen molar-refractivity contribution in [3.05, 3.63) is 65.4 Å². The second-order valence-corrected chi connectivity index (χ2v) is 9.04. The zero-order chi connectivity index (χ0) is 22.6. The summed E-state index contributed by atoms with van der Waals surface area (Å²) in [7, 11) is 0. The fraction of sp³-hybridized carbons (Fsp3) is 0.320. The number of carbonyl (C=O) groups excluding carboxylic acids is 3. The highest BCUT2D eigenvalue weighted by Gasteiger charge is 2.59. The van der Waals surface area contributed by atoms with Crippen molar-refractivity contribution >= 4 is 34.4 Å². The molecule has 0 radical (unpaired) electrons. The highest BCUT2D eigenvalue weighted by molar-refractivity contribution is 6.25. The summed E-state index contributed by atoms with van der Waals surface area (Å²) >= 11 is 0. The first-order chi connectivity index (χ1) is 15.3. The number of aromatic nitrogens is 1. The van der Waals surface area contributed by atoms with Crippen LogP contribution in [0.25, 0.3) is 10.9 Å². The second-order valence-electron chi connectivity index (χ2n) is 9.04. The molecule has 2 aliphatic heterocycles. The molecular weight excluding hydrogens is 404 g/mol. The molecule has 7 heteroatoms. The standard InChI is InChI=1S/C25H26N4O3/c1-15(2)14-26-22(30)18-9-5-7-11-20(18)29-23(31)25(3)21-17(12-13-28(25)24(29)32)16-8-4-6-10-19(16)27-21/h4-11,15,27H,12-14H2,1-3H3,(H,26,30)/t25-/m0/s1. The lowest BCUT2D eigenvalue weighted by atomic mass is 9.87. The van der Waals surface area contributed by atoms with Gasteiger partial charge in [-0.1, -0.05) is 44.2 Å². The number of nitrogens with zero attached hydrogens (tertiary/aromatic N) is 2. The van der Waals surface area contributed by atoms with Gasteiger partial charge in [0.15, 0.2) is 5.54 Å². The number of nitrogens with one attached hydrogen (secondary N) is 2. The third kappa shape index (κ3) is 2.77. The van der Waals surface area contributed by atoms with E-state index < -0.39 is 11.6 Å². The number of hydrogen-bond acceptors (Lipinski definition) is 3. The summed E-state index contributed by atoms with van der Waals surface area (Å²) in [6.07, 6.45) is 0.665. The van der Waals surface area contributed by atoms with Crippen LogP contribution < -0.4 is 10.2 Å². The molecule has 1 atom stereocenters. The lowest BCUT2D eigenvalue weighted by molar-refractivity contribution is -0.125. The molecule has 3 aromatic rings. The molecular formula is C25H26N4O3. The highest BCUT2D eigenvalue weighted by Crippen LogP contribution is 2.45. The summed E-state index contributed by atoms with van der Waals surface area (Å²) in [5.74, 6) is -0.357. The number of para-hydroxylation sites is 2. The van der Waals surface area contributed by atoms with Gasteiger partial charge in [0, 0.05) is 24.0 Å². The zero-order valence-electron chi connectivity index (χ0n) is 18.4. The normalized spacial score (nSPS) is 20.1. The van der Waals surface area contributed by atoms with E-state index in [1.165, 1.54) is 4.90 Å². The molecule has 0 spiro atoms. The molecule has 0 saturated carbocycles. The van der Waals surface area contributed by atoms with Crippen molar-refractivity contribution in [3.8, 4) is 0 Å². The number of benzene rings is 2. The smallest absolute Gasteiger partial charge is 0.332 e. The van der Waals surface area contributed by atoms with Crippen LogP contribution >= 0.6 is 0 Å². The van der Waals surface area contributed by atoms with Crippen molar-refractivity contribution in [2.24, 2.45) is 5.92 Å². The minimum absolute atomic E-state index is 0.287. The Hall–Kier alpha value is -3.61. The second kappa shape index (κ2) is 7.22. The van der Waals surface area contributed by atoms with Gasteiger partial charge in [-0.25, -0.2) is 9.69 Å². The molecule has 164 valence electrons. The average Bonchev–Trinajstić information content (AvgIpc) is 3.26. The van der Waals surface area contributed by atoms with E-state index in [9.17, 15) is 14.4 Å². The highest BCUT2D eigenvalue weighted by atomic mass is 16.2. The molecule has 0 aliphatic carbocycles. The van der Waals surface area contributed by atoms with Gasteiger partial charge < -0.3 is 15.2 Å². The van der Waals surface area contributed by atoms with E-state index in [1.807, 2.05) is 38.1 Å². The number of aromatic amines is 1. The Labute approximate surface area is 186 Å². The summed E-state index contributed by atoms with van der Waals surface area (Å²) in [6.45, 7) is 6.76. The Bertz CT molecular complexity index is 1260. The van der Waals surface area contributed by atoms with Crippen LogP contribution in [0.15, 0.2) is 48.5 Å². The number of H-pyrrole nitrogens is 1. The number of rotatable bonds is 4. The SMILES string of the molecule is CC(C)CNC(=O)c1ccccc1N1C(=O)N2CCc3c([nH]c4ccccc34)[C@@]2(C)C1=O. The van der Waals surface area contributed by atoms with Gasteiger partial charge in [-0.2, -0.15) is 0 Å². The number of imide groups is 1. The van der Waals surface area contributed by atoms with E-state index in [-0.39, 0.29) is 17.7 Å². The largest absolute Gasteiger partial charge is 0.356 e. The molecule has 2 aromatic carbocycles.